The Bertz CT molecular complexity index is 1780. The number of phosphoric acid groups is 1. The number of amides is 1. The largest absolute Gasteiger partial charge is 0.472 e. The average molecular weight is 1300 g/mol. The lowest BCUT2D eigenvalue weighted by Crippen LogP contribution is -2.47. The second-order valence-electron chi connectivity index (χ2n) is 27.9. The van der Waals surface area contributed by atoms with Gasteiger partial charge in [0, 0.05) is 12.8 Å². The van der Waals surface area contributed by atoms with Gasteiger partial charge in [0.25, 0.3) is 0 Å². The van der Waals surface area contributed by atoms with Crippen LogP contribution in [-0.2, 0) is 27.9 Å². The molecule has 1 amide bonds. The molecule has 2 N–H and O–H groups in total. The highest BCUT2D eigenvalue weighted by molar-refractivity contribution is 7.47. The van der Waals surface area contributed by atoms with Gasteiger partial charge in [0.05, 0.1) is 33.8 Å². The van der Waals surface area contributed by atoms with Gasteiger partial charge >= 0.3 is 13.8 Å². The van der Waals surface area contributed by atoms with Crippen LogP contribution in [-0.4, -0.2) is 74.3 Å². The molecular weight excluding hydrogens is 1140 g/mol. The number of carbonyl (C=O) groups is 2. The molecule has 0 radical (unpaired) electrons. The summed E-state index contributed by atoms with van der Waals surface area (Å²) in [5.74, 6) is -0.495. The van der Waals surface area contributed by atoms with Crippen LogP contribution in [0.4, 0.5) is 0 Å². The molecule has 3 unspecified atom stereocenters. The highest BCUT2D eigenvalue weighted by Gasteiger charge is 2.30. The van der Waals surface area contributed by atoms with Crippen molar-refractivity contribution in [3.63, 3.8) is 0 Å². The summed E-state index contributed by atoms with van der Waals surface area (Å²) in [4.78, 5) is 38.0. The van der Waals surface area contributed by atoms with Crippen LogP contribution < -0.4 is 5.32 Å². The fourth-order valence-electron chi connectivity index (χ4n) is 11.7. The molecule has 0 aliphatic heterocycles. The first kappa shape index (κ1) is 88.5. The molecule has 3 atom stereocenters. The zero-order valence-electron chi connectivity index (χ0n) is 61.1. The van der Waals surface area contributed by atoms with E-state index in [2.05, 4.69) is 92.9 Å². The Morgan fingerprint density at radius 3 is 1.05 bits per heavy atom. The summed E-state index contributed by atoms with van der Waals surface area (Å²) in [7, 11) is 1.50. The van der Waals surface area contributed by atoms with E-state index in [9.17, 15) is 19.0 Å². The fourth-order valence-corrected chi connectivity index (χ4v) is 12.4. The van der Waals surface area contributed by atoms with E-state index in [4.69, 9.17) is 13.8 Å². The van der Waals surface area contributed by atoms with E-state index in [1.54, 1.807) is 0 Å². The minimum absolute atomic E-state index is 0.0387. The topological polar surface area (TPSA) is 111 Å². The van der Waals surface area contributed by atoms with Crippen LogP contribution in [0.1, 0.15) is 380 Å². The second kappa shape index (κ2) is 70.3. The molecule has 0 aromatic heterocycles. The van der Waals surface area contributed by atoms with E-state index in [1.807, 2.05) is 27.2 Å². The number of likely N-dealkylation sites (N-methyl/N-ethyl adjacent to an activating group) is 1. The Hall–Kier alpha value is -2.55. The summed E-state index contributed by atoms with van der Waals surface area (Å²) >= 11 is 0. The molecular formula is C81H152N2O7P+. The Labute approximate surface area is 565 Å². The van der Waals surface area contributed by atoms with Crippen LogP contribution in [0.5, 0.6) is 0 Å². The zero-order chi connectivity index (χ0) is 66.3. The van der Waals surface area contributed by atoms with E-state index >= 15 is 0 Å². The van der Waals surface area contributed by atoms with Crippen molar-refractivity contribution in [1.29, 1.82) is 0 Å². The minimum Gasteiger partial charge on any atom is -0.456 e. The molecule has 10 heteroatoms. The summed E-state index contributed by atoms with van der Waals surface area (Å²) in [6.45, 7) is 6.96. The first-order valence-electron chi connectivity index (χ1n) is 39.3. The van der Waals surface area contributed by atoms with Gasteiger partial charge in [0.2, 0.25) is 5.91 Å². The number of carbonyl (C=O) groups excluding carboxylic acids is 2. The molecule has 0 aromatic rings. The molecule has 0 aliphatic carbocycles. The number of unbranched alkanes of at least 4 members (excludes halogenated alkanes) is 46. The Morgan fingerprint density at radius 2 is 0.703 bits per heavy atom. The number of allylic oxidation sites excluding steroid dienone is 11. The van der Waals surface area contributed by atoms with Crippen LogP contribution >= 0.6 is 7.82 Å². The summed E-state index contributed by atoms with van der Waals surface area (Å²) in [6.07, 6.45) is 93.6. The molecule has 532 valence electrons. The third kappa shape index (κ3) is 71.6. The Morgan fingerprint density at radius 1 is 0.396 bits per heavy atom. The molecule has 0 rings (SSSR count). The number of ether oxygens (including phenoxy) is 1. The standard InChI is InChI=1S/C81H151N2O7P/c1-7-10-13-16-19-22-25-28-30-32-34-36-38-40-41-43-45-47-49-51-53-56-59-62-65-68-71-74-81(85)90-79(72-69-66-63-60-57-54-27-24-21-18-15-12-9-3)78(77-89-91(86,87)88-76-75-83(4,5)6)82-80(84)73-70-67-64-61-58-55-52-50-48-46-44-42-39-37-35-33-31-29-26-23-20-17-14-11-8-2/h11,14,20,23,29,31,35,37,42,44,69,72,78-79H,7-10,12-13,15-19,21-22,24-28,30,32-34,36,38-41,43,45-68,70-71,73-77H2,1-6H3,(H-,82,84,86,87)/p+1/b14-11-,23-20-,31-29-,37-35-,44-42-,72-69+. The monoisotopic (exact) mass is 1300 g/mol. The second-order valence-corrected chi connectivity index (χ2v) is 29.3. The van der Waals surface area contributed by atoms with Crippen molar-refractivity contribution in [2.45, 2.75) is 392 Å². The Balaban J connectivity index is 4.98. The van der Waals surface area contributed by atoms with Gasteiger partial charge in [-0.2, -0.15) is 0 Å². The van der Waals surface area contributed by atoms with Crippen molar-refractivity contribution < 1.29 is 37.3 Å². The molecule has 0 bridgehead atoms. The molecule has 0 spiro atoms. The van der Waals surface area contributed by atoms with Crippen molar-refractivity contribution in [2.75, 3.05) is 40.9 Å². The number of phosphoric ester groups is 1. The van der Waals surface area contributed by atoms with Crippen molar-refractivity contribution in [3.8, 4) is 0 Å². The number of rotatable bonds is 72. The van der Waals surface area contributed by atoms with E-state index in [-0.39, 0.29) is 25.1 Å². The van der Waals surface area contributed by atoms with Gasteiger partial charge < -0.3 is 19.4 Å². The molecule has 0 fully saturated rings. The molecule has 9 nitrogen and oxygen atoms in total. The summed E-state index contributed by atoms with van der Waals surface area (Å²) in [6, 6.07) is -0.854. The minimum atomic E-state index is -4.46. The van der Waals surface area contributed by atoms with Crippen molar-refractivity contribution in [3.05, 3.63) is 72.9 Å². The van der Waals surface area contributed by atoms with Gasteiger partial charge in [0.1, 0.15) is 19.3 Å². The molecule has 0 heterocycles. The first-order chi connectivity index (χ1) is 44.4. The molecule has 91 heavy (non-hydrogen) atoms. The van der Waals surface area contributed by atoms with Gasteiger partial charge in [-0.15, -0.1) is 0 Å². The smallest absolute Gasteiger partial charge is 0.456 e. The summed E-state index contributed by atoms with van der Waals surface area (Å²) in [5, 5.41) is 3.08. The number of nitrogens with zero attached hydrogens (tertiary/aromatic N) is 1. The lowest BCUT2D eigenvalue weighted by atomic mass is 10.0. The fraction of sp³-hybridized carbons (Fsp3) is 0.827. The summed E-state index contributed by atoms with van der Waals surface area (Å²) in [5.41, 5.74) is 0. The van der Waals surface area contributed by atoms with Crippen molar-refractivity contribution in [1.82, 2.24) is 5.32 Å². The highest BCUT2D eigenvalue weighted by atomic mass is 31.2. The SMILES string of the molecule is CC/C=C\C/C=C\C/C=C\C/C=C\C/C=C\CCCCCCCCCCCC(=O)NC(COP(=O)(O)OCC[N+](C)(C)C)C(/C=C/CCCCCCCCCCCCC)OC(=O)CCCCCCCCCCCCCCCCCCCCCCCCCCCCC. The maximum atomic E-state index is 13.7. The maximum absolute atomic E-state index is 13.7. The van der Waals surface area contributed by atoms with Crippen molar-refractivity contribution >= 4 is 19.7 Å². The Kier molecular flexibility index (Phi) is 68.3. The van der Waals surface area contributed by atoms with Gasteiger partial charge in [-0.3, -0.25) is 18.6 Å². The lowest BCUT2D eigenvalue weighted by molar-refractivity contribution is -0.870. The normalized spacial score (nSPS) is 13.8. The number of esters is 1. The molecule has 0 aromatic carbocycles. The number of hydrogen-bond donors (Lipinski definition) is 2. The lowest BCUT2D eigenvalue weighted by Gasteiger charge is -2.27. The molecule has 0 aliphatic rings. The summed E-state index contributed by atoms with van der Waals surface area (Å²) < 4.78 is 30.9. The molecule has 0 saturated carbocycles. The van der Waals surface area contributed by atoms with E-state index in [0.29, 0.717) is 23.9 Å². The third-order valence-electron chi connectivity index (χ3n) is 17.7. The van der Waals surface area contributed by atoms with Gasteiger partial charge in [-0.05, 0) is 76.7 Å². The van der Waals surface area contributed by atoms with Gasteiger partial charge in [0.15, 0.2) is 0 Å². The number of nitrogens with one attached hydrogen (secondary N) is 1. The zero-order valence-corrected chi connectivity index (χ0v) is 62.0. The molecule has 0 saturated heterocycles. The van der Waals surface area contributed by atoms with Crippen LogP contribution in [0.3, 0.4) is 0 Å². The quantitative estimate of drug-likeness (QED) is 0.0205. The van der Waals surface area contributed by atoms with E-state index in [1.165, 1.54) is 244 Å². The van der Waals surface area contributed by atoms with Crippen LogP contribution in [0.15, 0.2) is 72.9 Å². The van der Waals surface area contributed by atoms with E-state index < -0.39 is 20.0 Å². The third-order valence-corrected chi connectivity index (χ3v) is 18.6. The number of hydrogen-bond acceptors (Lipinski definition) is 6. The first-order valence-corrected chi connectivity index (χ1v) is 40.8. The predicted molar refractivity (Wildman–Crippen MR) is 397 cm³/mol. The predicted octanol–water partition coefficient (Wildman–Crippen LogP) is 25.5. The maximum Gasteiger partial charge on any atom is 0.472 e. The van der Waals surface area contributed by atoms with Crippen LogP contribution in [0.2, 0.25) is 0 Å². The highest BCUT2D eigenvalue weighted by Crippen LogP contribution is 2.43. The van der Waals surface area contributed by atoms with Crippen LogP contribution in [0.25, 0.3) is 0 Å². The van der Waals surface area contributed by atoms with E-state index in [0.717, 1.165) is 103 Å². The van der Waals surface area contributed by atoms with Crippen LogP contribution in [0, 0.1) is 0 Å². The average Bonchev–Trinajstić information content (AvgIpc) is 3.73. The number of quaternary nitrogens is 1. The van der Waals surface area contributed by atoms with Crippen molar-refractivity contribution in [2.24, 2.45) is 0 Å². The van der Waals surface area contributed by atoms with Gasteiger partial charge in [-0.1, -0.05) is 364 Å². The van der Waals surface area contributed by atoms with Gasteiger partial charge in [-0.25, -0.2) is 4.57 Å².